The molecule has 120 valence electrons. The van der Waals surface area contributed by atoms with E-state index in [4.69, 9.17) is 4.74 Å². The van der Waals surface area contributed by atoms with E-state index in [1.165, 1.54) is 12.6 Å². The summed E-state index contributed by atoms with van der Waals surface area (Å²) in [7, 11) is 0. The predicted octanol–water partition coefficient (Wildman–Crippen LogP) is 1.35. The molecule has 23 heavy (non-hydrogen) atoms. The van der Waals surface area contributed by atoms with Crippen molar-refractivity contribution in [2.24, 2.45) is 11.8 Å². The van der Waals surface area contributed by atoms with Crippen LogP contribution in [0.25, 0.3) is 0 Å². The molecular weight excluding hydrogens is 294 g/mol. The first-order chi connectivity index (χ1) is 11.2. The molecular formula is C16H19N5O2. The van der Waals surface area contributed by atoms with Gasteiger partial charge in [-0.25, -0.2) is 14.8 Å². The van der Waals surface area contributed by atoms with Crippen LogP contribution in [0, 0.1) is 11.8 Å². The first-order valence-electron chi connectivity index (χ1n) is 7.98. The average Bonchev–Trinajstić information content (AvgIpc) is 2.98. The van der Waals surface area contributed by atoms with E-state index >= 15 is 0 Å². The summed E-state index contributed by atoms with van der Waals surface area (Å²) in [4.78, 5) is 22.8. The Morgan fingerprint density at radius 3 is 2.70 bits per heavy atom. The van der Waals surface area contributed by atoms with Crippen LogP contribution in [0.4, 0.5) is 5.69 Å². The second-order valence-electron chi connectivity index (χ2n) is 6.17. The summed E-state index contributed by atoms with van der Waals surface area (Å²) in [5.41, 5.74) is 1.54. The van der Waals surface area contributed by atoms with Gasteiger partial charge in [0.2, 0.25) is 0 Å². The summed E-state index contributed by atoms with van der Waals surface area (Å²) in [6.45, 7) is 4.84. The number of esters is 1. The van der Waals surface area contributed by atoms with Gasteiger partial charge in [0, 0.05) is 19.3 Å². The summed E-state index contributed by atoms with van der Waals surface area (Å²) in [5.74, 6) is 2.10. The Kier molecular flexibility index (Phi) is 3.48. The molecule has 7 heteroatoms. The first-order valence-corrected chi connectivity index (χ1v) is 7.98. The number of carbonyl (C=O) groups excluding carboxylic acids is 1. The van der Waals surface area contributed by atoms with Crippen LogP contribution in [0.5, 0.6) is 0 Å². The molecule has 0 amide bonds. The molecule has 0 radical (unpaired) electrons. The largest absolute Gasteiger partial charge is 0.462 e. The molecule has 4 rings (SSSR count). The summed E-state index contributed by atoms with van der Waals surface area (Å²) in [6, 6.07) is 0. The first kappa shape index (κ1) is 14.2. The normalized spacial score (nSPS) is 22.0. The fourth-order valence-corrected chi connectivity index (χ4v) is 3.12. The average molecular weight is 313 g/mol. The molecule has 7 nitrogen and oxygen atoms in total. The lowest BCUT2D eigenvalue weighted by Crippen LogP contribution is -2.22. The maximum Gasteiger partial charge on any atom is 0.341 e. The van der Waals surface area contributed by atoms with Crippen LogP contribution in [0.15, 0.2) is 24.8 Å². The molecule has 0 aromatic carbocycles. The maximum absolute atomic E-state index is 11.6. The predicted molar refractivity (Wildman–Crippen MR) is 83.1 cm³/mol. The van der Waals surface area contributed by atoms with Gasteiger partial charge in [0.1, 0.15) is 12.4 Å². The maximum atomic E-state index is 11.6. The number of ether oxygens (including phenoxy) is 1. The number of fused-ring (bicyclic) bond motifs is 1. The number of hydrogen-bond acceptors (Lipinski definition) is 6. The standard InChI is InChI=1S/C16H19N5O2/c1-2-23-16(22)13-4-19-21(9-13)10-15-17-5-14(6-18-15)20-7-11-3-12(11)8-20/h4-6,9,11-12H,2-3,7-8,10H2,1H3. The number of aromatic nitrogens is 4. The smallest absolute Gasteiger partial charge is 0.341 e. The third-order valence-electron chi connectivity index (χ3n) is 4.48. The van der Waals surface area contributed by atoms with Crippen LogP contribution < -0.4 is 4.90 Å². The van der Waals surface area contributed by atoms with Gasteiger partial charge in [0.25, 0.3) is 0 Å². The van der Waals surface area contributed by atoms with Crippen LogP contribution in [-0.4, -0.2) is 45.4 Å². The van der Waals surface area contributed by atoms with Gasteiger partial charge in [-0.3, -0.25) is 4.68 Å². The number of carbonyl (C=O) groups is 1. The molecule has 2 atom stereocenters. The fraction of sp³-hybridized carbons (Fsp3) is 0.500. The zero-order chi connectivity index (χ0) is 15.8. The Morgan fingerprint density at radius 2 is 2.00 bits per heavy atom. The number of nitrogens with zero attached hydrogens (tertiary/aromatic N) is 5. The molecule has 1 saturated carbocycles. The number of anilines is 1. The van der Waals surface area contributed by atoms with Gasteiger partial charge in [-0.2, -0.15) is 5.10 Å². The van der Waals surface area contributed by atoms with Crippen molar-refractivity contribution in [2.75, 3.05) is 24.6 Å². The van der Waals surface area contributed by atoms with E-state index in [1.807, 2.05) is 12.4 Å². The van der Waals surface area contributed by atoms with E-state index < -0.39 is 0 Å². The molecule has 2 unspecified atom stereocenters. The minimum absolute atomic E-state index is 0.354. The lowest BCUT2D eigenvalue weighted by molar-refractivity contribution is 0.0526. The highest BCUT2D eigenvalue weighted by atomic mass is 16.5. The molecule has 1 aliphatic carbocycles. The number of rotatable bonds is 5. The Balaban J connectivity index is 1.40. The lowest BCUT2D eigenvalue weighted by Gasteiger charge is -2.19. The van der Waals surface area contributed by atoms with Crippen molar-refractivity contribution in [1.82, 2.24) is 19.7 Å². The van der Waals surface area contributed by atoms with Crippen molar-refractivity contribution in [1.29, 1.82) is 0 Å². The van der Waals surface area contributed by atoms with E-state index in [9.17, 15) is 4.79 Å². The van der Waals surface area contributed by atoms with Gasteiger partial charge in [0.05, 0.1) is 36.4 Å². The third kappa shape index (κ3) is 2.91. The van der Waals surface area contributed by atoms with Crippen LogP contribution in [0.3, 0.4) is 0 Å². The zero-order valence-electron chi connectivity index (χ0n) is 13.1. The lowest BCUT2D eigenvalue weighted by atomic mass is 10.4. The van der Waals surface area contributed by atoms with Crippen molar-refractivity contribution in [2.45, 2.75) is 19.9 Å². The Labute approximate surface area is 134 Å². The van der Waals surface area contributed by atoms with Crippen molar-refractivity contribution < 1.29 is 9.53 Å². The molecule has 2 fully saturated rings. The number of piperidine rings is 1. The van der Waals surface area contributed by atoms with Gasteiger partial charge < -0.3 is 9.64 Å². The molecule has 0 N–H and O–H groups in total. The second-order valence-corrected chi connectivity index (χ2v) is 6.17. The van der Waals surface area contributed by atoms with Crippen LogP contribution in [0.2, 0.25) is 0 Å². The van der Waals surface area contributed by atoms with E-state index in [-0.39, 0.29) is 5.97 Å². The monoisotopic (exact) mass is 313 g/mol. The Morgan fingerprint density at radius 1 is 1.26 bits per heavy atom. The highest BCUT2D eigenvalue weighted by Gasteiger charge is 2.45. The quantitative estimate of drug-likeness (QED) is 0.776. The second kappa shape index (κ2) is 5.64. The molecule has 1 aliphatic heterocycles. The van der Waals surface area contributed by atoms with Gasteiger partial charge >= 0.3 is 5.97 Å². The molecule has 2 aromatic heterocycles. The van der Waals surface area contributed by atoms with Crippen LogP contribution in [-0.2, 0) is 11.3 Å². The minimum atomic E-state index is -0.359. The van der Waals surface area contributed by atoms with E-state index in [2.05, 4.69) is 20.0 Å². The van der Waals surface area contributed by atoms with Crippen molar-refractivity contribution in [3.63, 3.8) is 0 Å². The molecule has 2 aliphatic rings. The van der Waals surface area contributed by atoms with Crippen molar-refractivity contribution in [3.05, 3.63) is 36.2 Å². The van der Waals surface area contributed by atoms with Gasteiger partial charge in [0.15, 0.2) is 0 Å². The molecule has 0 spiro atoms. The van der Waals surface area contributed by atoms with Crippen molar-refractivity contribution in [3.8, 4) is 0 Å². The zero-order valence-corrected chi connectivity index (χ0v) is 13.1. The van der Waals surface area contributed by atoms with Gasteiger partial charge in [-0.1, -0.05) is 0 Å². The van der Waals surface area contributed by atoms with Crippen LogP contribution >= 0.6 is 0 Å². The highest BCUT2D eigenvalue weighted by Crippen LogP contribution is 2.45. The highest BCUT2D eigenvalue weighted by molar-refractivity contribution is 5.88. The van der Waals surface area contributed by atoms with Gasteiger partial charge in [-0.05, 0) is 25.2 Å². The third-order valence-corrected chi connectivity index (χ3v) is 4.48. The summed E-state index contributed by atoms with van der Waals surface area (Å²) in [6.07, 6.45) is 8.30. The molecule has 0 bridgehead atoms. The summed E-state index contributed by atoms with van der Waals surface area (Å²) in [5, 5.41) is 4.16. The number of hydrogen-bond donors (Lipinski definition) is 0. The summed E-state index contributed by atoms with van der Waals surface area (Å²) >= 11 is 0. The Hall–Kier alpha value is -2.44. The van der Waals surface area contributed by atoms with Gasteiger partial charge in [-0.15, -0.1) is 0 Å². The molecule has 2 aromatic rings. The minimum Gasteiger partial charge on any atom is -0.462 e. The van der Waals surface area contributed by atoms with Crippen LogP contribution in [0.1, 0.15) is 29.5 Å². The molecule has 1 saturated heterocycles. The van der Waals surface area contributed by atoms with E-state index in [0.29, 0.717) is 24.5 Å². The van der Waals surface area contributed by atoms with Crippen molar-refractivity contribution >= 4 is 11.7 Å². The SMILES string of the molecule is CCOC(=O)c1cnn(Cc2ncc(N3CC4CC4C3)cn2)c1. The topological polar surface area (TPSA) is 73.1 Å². The fourth-order valence-electron chi connectivity index (χ4n) is 3.12. The summed E-state index contributed by atoms with van der Waals surface area (Å²) < 4.78 is 6.59. The molecule has 3 heterocycles. The van der Waals surface area contributed by atoms with E-state index in [0.717, 1.165) is 30.6 Å². The Bertz CT molecular complexity index is 702. The van der Waals surface area contributed by atoms with E-state index in [1.54, 1.807) is 17.8 Å².